The molecule has 0 unspecified atom stereocenters. The lowest BCUT2D eigenvalue weighted by Gasteiger charge is -2.33. The Morgan fingerprint density at radius 1 is 1.00 bits per heavy atom. The molecule has 0 aromatic heterocycles. The highest BCUT2D eigenvalue weighted by atomic mass is 16.8. The molecule has 0 saturated carbocycles. The first kappa shape index (κ1) is 34.1. The fourth-order valence-corrected chi connectivity index (χ4v) is 5.56. The molecule has 3 aromatic carbocycles. The lowest BCUT2D eigenvalue weighted by atomic mass is 9.85. The number of cyclic esters (lactones) is 1. The molecule has 2 N–H and O–H groups in total. The molecule has 8 heteroatoms. The van der Waals surface area contributed by atoms with Gasteiger partial charge >= 0.3 is 5.97 Å². The number of ether oxygens (including phenoxy) is 2. The summed E-state index contributed by atoms with van der Waals surface area (Å²) in [5, 5.41) is 15.2. The SMILES string of the molecule is Cc1cc(/C=C/C[C@@H](C(=O)N[C@H](C(=O)N[C@H](C)c2ccccc2)C(C)(C)C)[C@@H]2OC(C)(C)OC2=O)ccc1-c1cccc(C#N)c1. The van der Waals surface area contributed by atoms with E-state index in [0.717, 1.165) is 27.8 Å². The lowest BCUT2D eigenvalue weighted by Crippen LogP contribution is -2.56. The van der Waals surface area contributed by atoms with Crippen LogP contribution in [0.3, 0.4) is 0 Å². The van der Waals surface area contributed by atoms with Gasteiger partial charge in [0.2, 0.25) is 17.6 Å². The second-order valence-corrected chi connectivity index (χ2v) is 13.3. The maximum atomic E-state index is 13.9. The molecule has 4 atom stereocenters. The van der Waals surface area contributed by atoms with Crippen molar-refractivity contribution in [2.24, 2.45) is 11.3 Å². The number of carbonyl (C=O) groups excluding carboxylic acids is 3. The molecule has 4 rings (SSSR count). The summed E-state index contributed by atoms with van der Waals surface area (Å²) < 4.78 is 11.3. The van der Waals surface area contributed by atoms with Gasteiger partial charge in [-0.05, 0) is 65.6 Å². The van der Waals surface area contributed by atoms with Crippen LogP contribution >= 0.6 is 0 Å². The molecular formula is C38H43N3O5. The Bertz CT molecular complexity index is 1650. The number of hydrogen-bond acceptors (Lipinski definition) is 6. The average molecular weight is 622 g/mol. The zero-order chi connectivity index (χ0) is 33.6. The maximum Gasteiger partial charge on any atom is 0.338 e. The molecule has 1 aliphatic heterocycles. The first-order valence-electron chi connectivity index (χ1n) is 15.5. The standard InChI is InChI=1S/C38H43N3O5/c1-24-21-26(19-20-30(24)29-17-11-14-27(22-29)23-39)13-12-18-31(32-36(44)46-38(6,7)45-32)34(42)41-33(37(3,4)5)35(43)40-25(2)28-15-9-8-10-16-28/h8-17,19-22,25,31-33H,18H2,1-7H3,(H,40,43)(H,41,42)/b13-12+/t25-,31-,32+,33-/m1/s1. The van der Waals surface area contributed by atoms with Gasteiger partial charge in [0, 0.05) is 13.8 Å². The molecule has 1 aliphatic rings. The van der Waals surface area contributed by atoms with Gasteiger partial charge in [-0.3, -0.25) is 9.59 Å². The Kier molecular flexibility index (Phi) is 10.5. The summed E-state index contributed by atoms with van der Waals surface area (Å²) in [6.07, 6.45) is 2.76. The molecule has 1 heterocycles. The van der Waals surface area contributed by atoms with E-state index in [1.54, 1.807) is 19.9 Å². The van der Waals surface area contributed by atoms with Gasteiger partial charge in [0.1, 0.15) is 6.04 Å². The highest BCUT2D eigenvalue weighted by Gasteiger charge is 2.48. The number of hydrogen-bond donors (Lipinski definition) is 2. The number of benzene rings is 3. The molecule has 240 valence electrons. The minimum absolute atomic E-state index is 0.172. The van der Waals surface area contributed by atoms with E-state index in [9.17, 15) is 19.6 Å². The Balaban J connectivity index is 1.54. The molecule has 1 fully saturated rings. The minimum Gasteiger partial charge on any atom is -0.432 e. The van der Waals surface area contributed by atoms with Crippen molar-refractivity contribution in [1.29, 1.82) is 5.26 Å². The molecule has 0 bridgehead atoms. The molecule has 0 radical (unpaired) electrons. The number of aryl methyl sites for hydroxylation is 1. The van der Waals surface area contributed by atoms with Crippen LogP contribution in [-0.4, -0.2) is 35.7 Å². The normalized spacial score (nSPS) is 17.9. The predicted molar refractivity (Wildman–Crippen MR) is 178 cm³/mol. The number of nitrogens with zero attached hydrogens (tertiary/aromatic N) is 1. The summed E-state index contributed by atoms with van der Waals surface area (Å²) in [7, 11) is 0. The van der Waals surface area contributed by atoms with E-state index in [2.05, 4.69) is 16.7 Å². The number of amides is 2. The number of nitrogens with one attached hydrogen (secondary N) is 2. The zero-order valence-corrected chi connectivity index (χ0v) is 27.6. The molecule has 1 saturated heterocycles. The van der Waals surface area contributed by atoms with Crippen LogP contribution in [0, 0.1) is 29.6 Å². The lowest BCUT2D eigenvalue weighted by molar-refractivity contribution is -0.162. The third kappa shape index (κ3) is 8.49. The van der Waals surface area contributed by atoms with Crippen LogP contribution in [0.25, 0.3) is 17.2 Å². The summed E-state index contributed by atoms with van der Waals surface area (Å²) in [5.41, 5.74) is 4.83. The van der Waals surface area contributed by atoms with Gasteiger partial charge in [0.15, 0.2) is 6.10 Å². The van der Waals surface area contributed by atoms with Crippen LogP contribution in [0.2, 0.25) is 0 Å². The van der Waals surface area contributed by atoms with E-state index in [0.29, 0.717) is 5.56 Å². The van der Waals surface area contributed by atoms with Gasteiger partial charge in [0.25, 0.3) is 0 Å². The van der Waals surface area contributed by atoms with Crippen LogP contribution < -0.4 is 10.6 Å². The molecular weight excluding hydrogens is 578 g/mol. The van der Waals surface area contributed by atoms with Crippen LogP contribution in [0.4, 0.5) is 0 Å². The maximum absolute atomic E-state index is 13.9. The number of rotatable bonds is 10. The average Bonchev–Trinajstić information content (AvgIpc) is 3.28. The monoisotopic (exact) mass is 621 g/mol. The van der Waals surface area contributed by atoms with Crippen LogP contribution in [0.15, 0.2) is 78.9 Å². The second-order valence-electron chi connectivity index (χ2n) is 13.3. The second kappa shape index (κ2) is 14.1. The van der Waals surface area contributed by atoms with E-state index in [1.165, 1.54) is 0 Å². The molecule has 8 nitrogen and oxygen atoms in total. The third-order valence-electron chi connectivity index (χ3n) is 8.02. The summed E-state index contributed by atoms with van der Waals surface area (Å²) in [6.45, 7) is 12.8. The van der Waals surface area contributed by atoms with Crippen molar-refractivity contribution < 1.29 is 23.9 Å². The van der Waals surface area contributed by atoms with Crippen LogP contribution in [0.1, 0.15) is 76.3 Å². The number of nitriles is 1. The summed E-state index contributed by atoms with van der Waals surface area (Å²) >= 11 is 0. The van der Waals surface area contributed by atoms with Crippen molar-refractivity contribution in [1.82, 2.24) is 10.6 Å². The highest BCUT2D eigenvalue weighted by molar-refractivity contribution is 5.92. The fraction of sp³-hybridized carbons (Fsp3) is 0.368. The van der Waals surface area contributed by atoms with E-state index in [4.69, 9.17) is 9.47 Å². The molecule has 46 heavy (non-hydrogen) atoms. The van der Waals surface area contributed by atoms with Crippen molar-refractivity contribution in [2.75, 3.05) is 0 Å². The fourth-order valence-electron chi connectivity index (χ4n) is 5.56. The molecule has 0 spiro atoms. The highest BCUT2D eigenvalue weighted by Crippen LogP contribution is 2.32. The number of allylic oxidation sites excluding steroid dienone is 1. The quantitative estimate of drug-likeness (QED) is 0.245. The molecule has 2 amide bonds. The molecule has 0 aliphatic carbocycles. The third-order valence-corrected chi connectivity index (χ3v) is 8.02. The smallest absolute Gasteiger partial charge is 0.338 e. The Morgan fingerprint density at radius 2 is 1.72 bits per heavy atom. The Labute approximate surface area is 271 Å². The summed E-state index contributed by atoms with van der Waals surface area (Å²) in [6, 6.07) is 24.1. The van der Waals surface area contributed by atoms with E-state index < -0.39 is 41.1 Å². The van der Waals surface area contributed by atoms with Crippen molar-refractivity contribution >= 4 is 23.9 Å². The molecule has 3 aromatic rings. The summed E-state index contributed by atoms with van der Waals surface area (Å²) in [5.74, 6) is -3.53. The number of esters is 1. The van der Waals surface area contributed by atoms with Gasteiger partial charge in [-0.15, -0.1) is 0 Å². The van der Waals surface area contributed by atoms with Crippen molar-refractivity contribution in [3.63, 3.8) is 0 Å². The number of carbonyl (C=O) groups is 3. The largest absolute Gasteiger partial charge is 0.432 e. The van der Waals surface area contributed by atoms with Gasteiger partial charge in [-0.1, -0.05) is 93.6 Å². The van der Waals surface area contributed by atoms with Gasteiger partial charge in [-0.25, -0.2) is 4.79 Å². The minimum atomic E-state index is -1.17. The first-order valence-corrected chi connectivity index (χ1v) is 15.5. The van der Waals surface area contributed by atoms with Crippen LogP contribution in [0.5, 0.6) is 0 Å². The van der Waals surface area contributed by atoms with Crippen molar-refractivity contribution in [3.05, 3.63) is 101 Å². The van der Waals surface area contributed by atoms with Crippen molar-refractivity contribution in [2.45, 2.75) is 78.9 Å². The topological polar surface area (TPSA) is 118 Å². The van der Waals surface area contributed by atoms with E-state index in [1.807, 2.05) is 114 Å². The van der Waals surface area contributed by atoms with Crippen LogP contribution in [-0.2, 0) is 23.9 Å². The summed E-state index contributed by atoms with van der Waals surface area (Å²) in [4.78, 5) is 40.4. The zero-order valence-electron chi connectivity index (χ0n) is 27.6. The predicted octanol–water partition coefficient (Wildman–Crippen LogP) is 6.64. The van der Waals surface area contributed by atoms with E-state index >= 15 is 0 Å². The van der Waals surface area contributed by atoms with Gasteiger partial charge in [-0.2, -0.15) is 5.26 Å². The Hall–Kier alpha value is -4.74. The first-order chi connectivity index (χ1) is 21.7. The van der Waals surface area contributed by atoms with Gasteiger partial charge in [0.05, 0.1) is 23.6 Å². The van der Waals surface area contributed by atoms with Crippen molar-refractivity contribution in [3.8, 4) is 17.2 Å². The van der Waals surface area contributed by atoms with E-state index in [-0.39, 0.29) is 18.4 Å². The Morgan fingerprint density at radius 3 is 2.33 bits per heavy atom. The van der Waals surface area contributed by atoms with Gasteiger partial charge < -0.3 is 20.1 Å².